The van der Waals surface area contributed by atoms with Gasteiger partial charge in [0.05, 0.1) is 4.90 Å². The summed E-state index contributed by atoms with van der Waals surface area (Å²) < 4.78 is 28.2. The number of aryl methyl sites for hydroxylation is 3. The average Bonchev–Trinajstić information content (AvgIpc) is 2.82. The third-order valence-electron chi connectivity index (χ3n) is 5.78. The monoisotopic (exact) mass is 509 g/mol. The number of benzene rings is 3. The third-order valence-corrected chi connectivity index (χ3v) is 7.39. The summed E-state index contributed by atoms with van der Waals surface area (Å²) in [5.41, 5.74) is 5.34. The van der Waals surface area contributed by atoms with Crippen molar-refractivity contribution < 1.29 is 23.1 Å². The number of hydrogen-bond acceptors (Lipinski definition) is 4. The second kappa shape index (κ2) is 11.4. The van der Waals surface area contributed by atoms with E-state index in [0.29, 0.717) is 23.4 Å². The summed E-state index contributed by atoms with van der Waals surface area (Å²) in [6.45, 7) is 7.71. The van der Waals surface area contributed by atoms with Crippen LogP contribution in [0.3, 0.4) is 0 Å². The fraction of sp³-hybridized carbons (Fsp3) is 0.259. The molecule has 0 aliphatic heterocycles. The van der Waals surface area contributed by atoms with Gasteiger partial charge in [0.25, 0.3) is 0 Å². The number of amides is 2. The van der Waals surface area contributed by atoms with E-state index in [1.165, 1.54) is 6.07 Å². The van der Waals surface area contributed by atoms with Gasteiger partial charge in [-0.2, -0.15) is 4.72 Å². The Kier molecular flexibility index (Phi) is 8.49. The van der Waals surface area contributed by atoms with Gasteiger partial charge in [0.2, 0.25) is 10.0 Å². The Hall–Kier alpha value is -3.69. The number of carboxylic acids is 1. The number of carbonyl (C=O) groups excluding carboxylic acids is 1. The lowest BCUT2D eigenvalue weighted by Gasteiger charge is -2.17. The Labute approximate surface area is 211 Å². The highest BCUT2D eigenvalue weighted by molar-refractivity contribution is 7.89. The molecule has 9 heteroatoms. The second-order valence-electron chi connectivity index (χ2n) is 8.70. The molecule has 190 valence electrons. The molecule has 3 aromatic carbocycles. The summed E-state index contributed by atoms with van der Waals surface area (Å²) in [7, 11) is -4.02. The van der Waals surface area contributed by atoms with Crippen molar-refractivity contribution in [1.29, 1.82) is 0 Å². The molecule has 3 aromatic rings. The largest absolute Gasteiger partial charge is 0.480 e. The van der Waals surface area contributed by atoms with Crippen molar-refractivity contribution in [2.45, 2.75) is 45.1 Å². The number of carbonyl (C=O) groups is 2. The lowest BCUT2D eigenvalue weighted by molar-refractivity contribution is -0.138. The Morgan fingerprint density at radius 1 is 0.889 bits per heavy atom. The molecule has 0 aliphatic carbocycles. The minimum atomic E-state index is -4.02. The van der Waals surface area contributed by atoms with E-state index in [2.05, 4.69) is 15.4 Å². The number of anilines is 1. The molecule has 1 unspecified atom stereocenters. The zero-order chi connectivity index (χ0) is 26.5. The average molecular weight is 510 g/mol. The van der Waals surface area contributed by atoms with Crippen molar-refractivity contribution in [1.82, 2.24) is 10.0 Å². The van der Waals surface area contributed by atoms with Crippen molar-refractivity contribution in [2.24, 2.45) is 0 Å². The molecule has 4 N–H and O–H groups in total. The lowest BCUT2D eigenvalue weighted by atomic mass is 9.99. The smallest absolute Gasteiger partial charge is 0.322 e. The maximum Gasteiger partial charge on any atom is 0.322 e. The molecule has 0 spiro atoms. The number of hydrogen-bond donors (Lipinski definition) is 4. The molecule has 0 saturated heterocycles. The SMILES string of the molecule is CCNC(=O)Nc1cc(-c2ccc(CC(NS(=O)(=O)c3cc(C)ccc3C)C(=O)O)cc2)ccc1C. The number of sulfonamides is 1. The van der Waals surface area contributed by atoms with Gasteiger partial charge >= 0.3 is 12.0 Å². The van der Waals surface area contributed by atoms with Crippen LogP contribution in [-0.2, 0) is 21.2 Å². The molecule has 0 bridgehead atoms. The van der Waals surface area contributed by atoms with Gasteiger partial charge in [-0.05, 0) is 79.6 Å². The third kappa shape index (κ3) is 6.71. The van der Waals surface area contributed by atoms with Crippen molar-refractivity contribution in [3.05, 3.63) is 82.9 Å². The Bertz CT molecular complexity index is 1370. The first kappa shape index (κ1) is 26.9. The van der Waals surface area contributed by atoms with Crippen LogP contribution in [0.2, 0.25) is 0 Å². The predicted octanol–water partition coefficient (Wildman–Crippen LogP) is 4.39. The number of carboxylic acid groups (broad SMARTS) is 1. The summed E-state index contributed by atoms with van der Waals surface area (Å²) in [6.07, 6.45) is -0.0163. The van der Waals surface area contributed by atoms with E-state index in [4.69, 9.17) is 0 Å². The van der Waals surface area contributed by atoms with Gasteiger partial charge in [0, 0.05) is 12.2 Å². The minimum Gasteiger partial charge on any atom is -0.480 e. The van der Waals surface area contributed by atoms with Gasteiger partial charge in [-0.3, -0.25) is 4.79 Å². The van der Waals surface area contributed by atoms with Crippen LogP contribution in [0.1, 0.15) is 29.2 Å². The van der Waals surface area contributed by atoms with Crippen LogP contribution in [0.4, 0.5) is 10.5 Å². The van der Waals surface area contributed by atoms with Crippen molar-refractivity contribution in [3.63, 3.8) is 0 Å². The molecule has 2 amide bonds. The predicted molar refractivity (Wildman–Crippen MR) is 141 cm³/mol. The molecule has 3 rings (SSSR count). The van der Waals surface area contributed by atoms with Gasteiger partial charge in [-0.25, -0.2) is 13.2 Å². The van der Waals surface area contributed by atoms with E-state index >= 15 is 0 Å². The highest BCUT2D eigenvalue weighted by atomic mass is 32.2. The van der Waals surface area contributed by atoms with Crippen molar-refractivity contribution >= 4 is 27.7 Å². The standard InChI is InChI=1S/C27H31N3O5S/c1-5-28-27(33)29-23-16-22(11-8-18(23)3)21-12-9-20(10-13-21)15-24(26(31)32)30-36(34,35)25-14-17(2)6-7-19(25)4/h6-14,16,24,30H,5,15H2,1-4H3,(H,31,32)(H2,28,29,33). The number of aliphatic carboxylic acids is 1. The first-order valence-electron chi connectivity index (χ1n) is 11.6. The first-order chi connectivity index (χ1) is 17.0. The van der Waals surface area contributed by atoms with Crippen LogP contribution in [0.5, 0.6) is 0 Å². The van der Waals surface area contributed by atoms with Gasteiger partial charge in [-0.1, -0.05) is 48.5 Å². The quantitative estimate of drug-likeness (QED) is 0.340. The van der Waals surface area contributed by atoms with E-state index in [9.17, 15) is 23.1 Å². The van der Waals surface area contributed by atoms with Gasteiger partial charge < -0.3 is 15.7 Å². The zero-order valence-corrected chi connectivity index (χ0v) is 21.6. The van der Waals surface area contributed by atoms with Gasteiger partial charge in [-0.15, -0.1) is 0 Å². The number of urea groups is 1. The fourth-order valence-electron chi connectivity index (χ4n) is 3.76. The Balaban J connectivity index is 1.78. The molecule has 0 radical (unpaired) electrons. The summed E-state index contributed by atoms with van der Waals surface area (Å²) >= 11 is 0. The van der Waals surface area contributed by atoms with Crippen LogP contribution in [0.15, 0.2) is 65.6 Å². The minimum absolute atomic E-state index is 0.0163. The van der Waals surface area contributed by atoms with E-state index < -0.39 is 22.0 Å². The summed E-state index contributed by atoms with van der Waals surface area (Å²) in [4.78, 5) is 23.9. The molecule has 1 atom stereocenters. The molecule has 0 aliphatic rings. The normalized spacial score (nSPS) is 12.1. The topological polar surface area (TPSA) is 125 Å². The maximum atomic E-state index is 12.9. The van der Waals surface area contributed by atoms with Crippen LogP contribution >= 0.6 is 0 Å². The van der Waals surface area contributed by atoms with Crippen LogP contribution < -0.4 is 15.4 Å². The molecule has 0 aromatic heterocycles. The molecule has 36 heavy (non-hydrogen) atoms. The van der Waals surface area contributed by atoms with Crippen LogP contribution in [0, 0.1) is 20.8 Å². The van der Waals surface area contributed by atoms with E-state index in [-0.39, 0.29) is 17.3 Å². The molecular weight excluding hydrogens is 478 g/mol. The van der Waals surface area contributed by atoms with Crippen LogP contribution in [-0.4, -0.2) is 38.1 Å². The van der Waals surface area contributed by atoms with Gasteiger partial charge in [0.1, 0.15) is 6.04 Å². The van der Waals surface area contributed by atoms with Gasteiger partial charge in [0.15, 0.2) is 0 Å². The van der Waals surface area contributed by atoms with E-state index in [1.54, 1.807) is 38.1 Å². The van der Waals surface area contributed by atoms with Crippen molar-refractivity contribution in [2.75, 3.05) is 11.9 Å². The highest BCUT2D eigenvalue weighted by Crippen LogP contribution is 2.26. The summed E-state index contributed by atoms with van der Waals surface area (Å²) in [5.74, 6) is -1.26. The molecule has 0 fully saturated rings. The molecule has 0 saturated carbocycles. The first-order valence-corrected chi connectivity index (χ1v) is 13.1. The number of nitrogens with one attached hydrogen (secondary N) is 3. The highest BCUT2D eigenvalue weighted by Gasteiger charge is 2.27. The Morgan fingerprint density at radius 3 is 2.17 bits per heavy atom. The Morgan fingerprint density at radius 2 is 1.53 bits per heavy atom. The second-order valence-corrected chi connectivity index (χ2v) is 10.4. The molecule has 8 nitrogen and oxygen atoms in total. The lowest BCUT2D eigenvalue weighted by Crippen LogP contribution is -2.42. The fourth-order valence-corrected chi connectivity index (χ4v) is 5.28. The molecular formula is C27H31N3O5S. The number of rotatable bonds is 9. The van der Waals surface area contributed by atoms with E-state index in [0.717, 1.165) is 22.3 Å². The maximum absolute atomic E-state index is 12.9. The zero-order valence-electron chi connectivity index (χ0n) is 20.8. The van der Waals surface area contributed by atoms with Crippen molar-refractivity contribution in [3.8, 4) is 11.1 Å². The molecule has 0 heterocycles. The summed E-state index contributed by atoms with van der Waals surface area (Å²) in [5, 5.41) is 15.2. The van der Waals surface area contributed by atoms with E-state index in [1.807, 2.05) is 44.2 Å². The van der Waals surface area contributed by atoms with Crippen LogP contribution in [0.25, 0.3) is 11.1 Å². The summed E-state index contributed by atoms with van der Waals surface area (Å²) in [6, 6.07) is 16.4.